The number of nitrogens with one attached hydrogen (secondary N) is 1. The average Bonchev–Trinajstić information content (AvgIpc) is 3.40. The van der Waals surface area contributed by atoms with Crippen molar-refractivity contribution in [2.24, 2.45) is 5.92 Å². The predicted octanol–water partition coefficient (Wildman–Crippen LogP) is 2.58. The van der Waals surface area contributed by atoms with Crippen LogP contribution in [0.5, 0.6) is 0 Å². The molecule has 1 fully saturated rings. The highest BCUT2D eigenvalue weighted by Crippen LogP contribution is 2.40. The van der Waals surface area contributed by atoms with Crippen molar-refractivity contribution >= 4 is 5.91 Å². The van der Waals surface area contributed by atoms with Crippen LogP contribution in [0, 0.1) is 11.7 Å². The Bertz CT molecular complexity index is 1020. The van der Waals surface area contributed by atoms with E-state index >= 15 is 0 Å². The standard InChI is InChI=1S/C22H22FN5O/c23-18-5-3-15(4-6-18)11-27-12-17-13-28-20(19(17)14-27)10-25-21(28)22(29)26-9-16-2-1-7-24-8-16/h1-8,10,17,19H,9,11-14H2,(H,26,29). The molecule has 0 radical (unpaired) electrons. The summed E-state index contributed by atoms with van der Waals surface area (Å²) in [6, 6.07) is 10.5. The molecule has 0 spiro atoms. The molecule has 0 saturated carbocycles. The van der Waals surface area contributed by atoms with Gasteiger partial charge in [0, 0.05) is 62.9 Å². The van der Waals surface area contributed by atoms with Crippen LogP contribution in [0.15, 0.2) is 55.0 Å². The third kappa shape index (κ3) is 3.53. The lowest BCUT2D eigenvalue weighted by Gasteiger charge is -2.17. The molecule has 5 rings (SSSR count). The predicted molar refractivity (Wildman–Crippen MR) is 106 cm³/mol. The maximum absolute atomic E-state index is 13.1. The largest absolute Gasteiger partial charge is 0.345 e. The van der Waals surface area contributed by atoms with Crippen molar-refractivity contribution in [1.29, 1.82) is 0 Å². The molecule has 0 bridgehead atoms. The maximum Gasteiger partial charge on any atom is 0.287 e. The number of benzene rings is 1. The minimum atomic E-state index is -0.203. The number of hydrogen-bond acceptors (Lipinski definition) is 4. The molecular weight excluding hydrogens is 369 g/mol. The molecule has 1 N–H and O–H groups in total. The smallest absolute Gasteiger partial charge is 0.287 e. The van der Waals surface area contributed by atoms with Gasteiger partial charge in [0.2, 0.25) is 0 Å². The summed E-state index contributed by atoms with van der Waals surface area (Å²) in [7, 11) is 0. The first-order chi connectivity index (χ1) is 14.2. The van der Waals surface area contributed by atoms with Crippen molar-refractivity contribution < 1.29 is 9.18 Å². The van der Waals surface area contributed by atoms with E-state index in [1.54, 1.807) is 12.4 Å². The highest BCUT2D eigenvalue weighted by molar-refractivity contribution is 5.91. The zero-order chi connectivity index (χ0) is 19.8. The highest BCUT2D eigenvalue weighted by atomic mass is 19.1. The van der Waals surface area contributed by atoms with Gasteiger partial charge < -0.3 is 9.88 Å². The first kappa shape index (κ1) is 18.0. The summed E-state index contributed by atoms with van der Waals surface area (Å²) in [6.45, 7) is 3.98. The molecule has 4 heterocycles. The van der Waals surface area contributed by atoms with E-state index in [1.165, 1.54) is 12.1 Å². The first-order valence-corrected chi connectivity index (χ1v) is 9.86. The van der Waals surface area contributed by atoms with Crippen molar-refractivity contribution in [3.63, 3.8) is 0 Å². The number of pyridine rings is 1. The van der Waals surface area contributed by atoms with Gasteiger partial charge in [0.15, 0.2) is 5.82 Å². The van der Waals surface area contributed by atoms with E-state index in [0.717, 1.165) is 43.0 Å². The van der Waals surface area contributed by atoms with E-state index in [4.69, 9.17) is 0 Å². The summed E-state index contributed by atoms with van der Waals surface area (Å²) >= 11 is 0. The summed E-state index contributed by atoms with van der Waals surface area (Å²) in [5, 5.41) is 2.94. The number of amides is 1. The number of fused-ring (bicyclic) bond motifs is 3. The fraction of sp³-hybridized carbons (Fsp3) is 0.318. The van der Waals surface area contributed by atoms with E-state index in [-0.39, 0.29) is 11.7 Å². The molecule has 2 atom stereocenters. The number of aromatic nitrogens is 3. The Kier molecular flexibility index (Phi) is 4.60. The van der Waals surface area contributed by atoms with Crippen LogP contribution in [0.1, 0.15) is 33.4 Å². The van der Waals surface area contributed by atoms with Gasteiger partial charge in [0.05, 0.1) is 0 Å². The van der Waals surface area contributed by atoms with Gasteiger partial charge in [-0.05, 0) is 35.2 Å². The molecule has 6 nitrogen and oxygen atoms in total. The molecule has 3 aromatic rings. The summed E-state index contributed by atoms with van der Waals surface area (Å²) < 4.78 is 15.2. The number of imidazole rings is 1. The number of carbonyl (C=O) groups excluding carboxylic acids is 1. The SMILES string of the molecule is O=C(NCc1cccnc1)c1ncc2n1CC1CN(Cc3ccc(F)cc3)CC21. The Morgan fingerprint density at radius 1 is 1.10 bits per heavy atom. The second-order valence-corrected chi connectivity index (χ2v) is 7.85. The molecule has 2 aliphatic heterocycles. The van der Waals surface area contributed by atoms with Crippen molar-refractivity contribution in [2.75, 3.05) is 13.1 Å². The minimum absolute atomic E-state index is 0.150. The number of halogens is 1. The van der Waals surface area contributed by atoms with Crippen LogP contribution in [0.4, 0.5) is 4.39 Å². The number of likely N-dealkylation sites (tertiary alicyclic amines) is 1. The van der Waals surface area contributed by atoms with Gasteiger partial charge in [0.25, 0.3) is 5.91 Å². The number of nitrogens with zero attached hydrogens (tertiary/aromatic N) is 4. The van der Waals surface area contributed by atoms with Gasteiger partial charge in [-0.2, -0.15) is 0 Å². The van der Waals surface area contributed by atoms with Gasteiger partial charge in [0.1, 0.15) is 5.82 Å². The quantitative estimate of drug-likeness (QED) is 0.726. The molecule has 2 unspecified atom stereocenters. The van der Waals surface area contributed by atoms with Crippen LogP contribution in [0.3, 0.4) is 0 Å². The van der Waals surface area contributed by atoms with E-state index < -0.39 is 0 Å². The Morgan fingerprint density at radius 3 is 2.76 bits per heavy atom. The molecule has 7 heteroatoms. The van der Waals surface area contributed by atoms with E-state index in [1.807, 2.05) is 30.5 Å². The van der Waals surface area contributed by atoms with Crippen molar-refractivity contribution in [3.05, 3.63) is 83.5 Å². The molecule has 29 heavy (non-hydrogen) atoms. The summed E-state index contributed by atoms with van der Waals surface area (Å²) in [5.41, 5.74) is 3.22. The Morgan fingerprint density at radius 2 is 1.97 bits per heavy atom. The second kappa shape index (κ2) is 7.40. The highest BCUT2D eigenvalue weighted by Gasteiger charge is 2.42. The maximum atomic E-state index is 13.1. The lowest BCUT2D eigenvalue weighted by molar-refractivity contribution is 0.0935. The third-order valence-corrected chi connectivity index (χ3v) is 5.90. The zero-order valence-corrected chi connectivity index (χ0v) is 16.0. The van der Waals surface area contributed by atoms with Gasteiger partial charge in [-0.25, -0.2) is 9.37 Å². The van der Waals surface area contributed by atoms with Crippen LogP contribution in [-0.4, -0.2) is 38.4 Å². The number of hydrogen-bond donors (Lipinski definition) is 1. The lowest BCUT2D eigenvalue weighted by atomic mass is 9.98. The van der Waals surface area contributed by atoms with Crippen molar-refractivity contribution in [2.45, 2.75) is 25.6 Å². The van der Waals surface area contributed by atoms with Crippen LogP contribution < -0.4 is 5.32 Å². The van der Waals surface area contributed by atoms with E-state index in [9.17, 15) is 9.18 Å². The second-order valence-electron chi connectivity index (χ2n) is 7.85. The average molecular weight is 391 g/mol. The van der Waals surface area contributed by atoms with Gasteiger partial charge >= 0.3 is 0 Å². The number of rotatable bonds is 5. The van der Waals surface area contributed by atoms with Crippen LogP contribution in [0.2, 0.25) is 0 Å². The Hall–Kier alpha value is -3.06. The number of carbonyl (C=O) groups is 1. The van der Waals surface area contributed by atoms with Crippen molar-refractivity contribution in [1.82, 2.24) is 24.8 Å². The Balaban J connectivity index is 1.24. The van der Waals surface area contributed by atoms with Crippen LogP contribution >= 0.6 is 0 Å². The summed E-state index contributed by atoms with van der Waals surface area (Å²) in [4.78, 5) is 23.5. The fourth-order valence-electron chi connectivity index (χ4n) is 4.51. The fourth-order valence-corrected chi connectivity index (χ4v) is 4.51. The lowest BCUT2D eigenvalue weighted by Crippen LogP contribution is -2.27. The van der Waals surface area contributed by atoms with Gasteiger partial charge in [-0.3, -0.25) is 14.7 Å². The molecule has 2 aromatic heterocycles. The summed E-state index contributed by atoms with van der Waals surface area (Å²) in [5.74, 6) is 1.01. The molecule has 1 amide bonds. The van der Waals surface area contributed by atoms with Crippen LogP contribution in [-0.2, 0) is 19.6 Å². The molecule has 1 saturated heterocycles. The van der Waals surface area contributed by atoms with Crippen molar-refractivity contribution in [3.8, 4) is 0 Å². The normalized spacial score (nSPS) is 20.4. The topological polar surface area (TPSA) is 63.1 Å². The molecule has 0 aliphatic carbocycles. The molecule has 148 valence electrons. The zero-order valence-electron chi connectivity index (χ0n) is 16.0. The monoisotopic (exact) mass is 391 g/mol. The third-order valence-electron chi connectivity index (χ3n) is 5.90. The van der Waals surface area contributed by atoms with Crippen LogP contribution in [0.25, 0.3) is 0 Å². The minimum Gasteiger partial charge on any atom is -0.345 e. The molecule has 1 aromatic carbocycles. The molecule has 2 aliphatic rings. The van der Waals surface area contributed by atoms with Gasteiger partial charge in [-0.15, -0.1) is 0 Å². The molecular formula is C22H22FN5O. The van der Waals surface area contributed by atoms with Gasteiger partial charge in [-0.1, -0.05) is 18.2 Å². The van der Waals surface area contributed by atoms with E-state index in [2.05, 4.69) is 24.8 Å². The Labute approximate surface area is 168 Å². The first-order valence-electron chi connectivity index (χ1n) is 9.86. The summed E-state index contributed by atoms with van der Waals surface area (Å²) in [6.07, 6.45) is 5.31. The van der Waals surface area contributed by atoms with E-state index in [0.29, 0.717) is 24.2 Å².